The standard InChI is InChI=1S/C25H33ClN2O4/c1-5-18(2)27-25(30)19(3)28(17-20-8-6-9-21(26)16-20)24(29)10-7-15-32-23-13-11-22(31-4)12-14-23/h6,8-9,11-14,16,18-19H,5,7,10,15,17H2,1-4H3,(H,27,30). The molecule has 1 N–H and O–H groups in total. The van der Waals surface area contributed by atoms with Crippen LogP contribution in [-0.2, 0) is 16.1 Å². The number of ether oxygens (including phenoxy) is 2. The van der Waals surface area contributed by atoms with Crippen LogP contribution in [0, 0.1) is 0 Å². The molecule has 0 bridgehead atoms. The Kier molecular flexibility index (Phi) is 10.3. The summed E-state index contributed by atoms with van der Waals surface area (Å²) >= 11 is 6.11. The van der Waals surface area contributed by atoms with Gasteiger partial charge in [0.2, 0.25) is 11.8 Å². The molecule has 0 heterocycles. The Morgan fingerprint density at radius 3 is 2.41 bits per heavy atom. The molecule has 6 nitrogen and oxygen atoms in total. The maximum absolute atomic E-state index is 13.1. The minimum Gasteiger partial charge on any atom is -0.497 e. The Balaban J connectivity index is 1.99. The van der Waals surface area contributed by atoms with Crippen molar-refractivity contribution in [1.82, 2.24) is 10.2 Å². The minimum atomic E-state index is -0.599. The number of benzene rings is 2. The van der Waals surface area contributed by atoms with E-state index in [9.17, 15) is 9.59 Å². The van der Waals surface area contributed by atoms with Crippen molar-refractivity contribution in [1.29, 1.82) is 0 Å². The predicted octanol–water partition coefficient (Wildman–Crippen LogP) is 4.84. The third-order valence-corrected chi connectivity index (χ3v) is 5.51. The normalized spacial score (nSPS) is 12.5. The molecule has 0 saturated carbocycles. The molecule has 0 spiro atoms. The molecule has 2 atom stereocenters. The van der Waals surface area contributed by atoms with E-state index in [2.05, 4.69) is 5.32 Å². The highest BCUT2D eigenvalue weighted by molar-refractivity contribution is 6.30. The Morgan fingerprint density at radius 1 is 1.09 bits per heavy atom. The summed E-state index contributed by atoms with van der Waals surface area (Å²) < 4.78 is 10.9. The summed E-state index contributed by atoms with van der Waals surface area (Å²) in [5, 5.41) is 3.56. The van der Waals surface area contributed by atoms with Crippen molar-refractivity contribution in [2.24, 2.45) is 0 Å². The van der Waals surface area contributed by atoms with E-state index in [-0.39, 0.29) is 24.3 Å². The third kappa shape index (κ3) is 8.08. The molecule has 0 aliphatic rings. The van der Waals surface area contributed by atoms with E-state index in [1.807, 2.05) is 56.3 Å². The number of halogens is 1. The average molecular weight is 461 g/mol. The SMILES string of the molecule is CCC(C)NC(=O)C(C)N(Cc1cccc(Cl)c1)C(=O)CCCOc1ccc(OC)cc1. The molecule has 0 aliphatic carbocycles. The van der Waals surface area contributed by atoms with E-state index in [0.717, 1.165) is 23.5 Å². The lowest BCUT2D eigenvalue weighted by Gasteiger charge is -2.30. The second-order valence-corrected chi connectivity index (χ2v) is 8.21. The van der Waals surface area contributed by atoms with Crippen molar-refractivity contribution in [2.45, 2.75) is 58.7 Å². The number of hydrogen-bond acceptors (Lipinski definition) is 4. The van der Waals surface area contributed by atoms with Gasteiger partial charge >= 0.3 is 0 Å². The van der Waals surface area contributed by atoms with E-state index >= 15 is 0 Å². The van der Waals surface area contributed by atoms with Crippen molar-refractivity contribution in [2.75, 3.05) is 13.7 Å². The van der Waals surface area contributed by atoms with E-state index in [1.165, 1.54) is 0 Å². The number of nitrogens with one attached hydrogen (secondary N) is 1. The number of nitrogens with zero attached hydrogens (tertiary/aromatic N) is 1. The highest BCUT2D eigenvalue weighted by Gasteiger charge is 2.26. The molecule has 0 fully saturated rings. The van der Waals surface area contributed by atoms with Gasteiger partial charge in [-0.2, -0.15) is 0 Å². The Bertz CT molecular complexity index is 873. The molecule has 2 amide bonds. The summed E-state index contributed by atoms with van der Waals surface area (Å²) in [5.74, 6) is 1.21. The van der Waals surface area contributed by atoms with E-state index in [1.54, 1.807) is 25.0 Å². The van der Waals surface area contributed by atoms with Crippen molar-refractivity contribution in [3.05, 3.63) is 59.1 Å². The fourth-order valence-corrected chi connectivity index (χ4v) is 3.32. The van der Waals surface area contributed by atoms with Crippen molar-refractivity contribution in [3.63, 3.8) is 0 Å². The Morgan fingerprint density at radius 2 is 1.78 bits per heavy atom. The largest absolute Gasteiger partial charge is 0.497 e. The predicted molar refractivity (Wildman–Crippen MR) is 127 cm³/mol. The van der Waals surface area contributed by atoms with Gasteiger partial charge in [0.05, 0.1) is 13.7 Å². The quantitative estimate of drug-likeness (QED) is 0.460. The second kappa shape index (κ2) is 13.0. The molecule has 2 rings (SSSR count). The van der Waals surface area contributed by atoms with Gasteiger partial charge in [-0.25, -0.2) is 0 Å². The average Bonchev–Trinajstić information content (AvgIpc) is 2.80. The molecule has 0 radical (unpaired) electrons. The summed E-state index contributed by atoms with van der Waals surface area (Å²) in [6.45, 7) is 6.43. The van der Waals surface area contributed by atoms with Crippen molar-refractivity contribution in [3.8, 4) is 11.5 Å². The second-order valence-electron chi connectivity index (χ2n) is 7.77. The molecular weight excluding hydrogens is 428 g/mol. The summed E-state index contributed by atoms with van der Waals surface area (Å²) in [4.78, 5) is 27.4. The lowest BCUT2D eigenvalue weighted by atomic mass is 10.1. The highest BCUT2D eigenvalue weighted by Crippen LogP contribution is 2.18. The Hall–Kier alpha value is -2.73. The van der Waals surface area contributed by atoms with Crippen LogP contribution in [0.15, 0.2) is 48.5 Å². The van der Waals surface area contributed by atoms with Crippen LogP contribution < -0.4 is 14.8 Å². The molecule has 7 heteroatoms. The lowest BCUT2D eigenvalue weighted by molar-refractivity contribution is -0.141. The summed E-state index contributed by atoms with van der Waals surface area (Å²) in [5.41, 5.74) is 0.878. The summed E-state index contributed by atoms with van der Waals surface area (Å²) in [6, 6.07) is 14.1. The first-order valence-electron chi connectivity index (χ1n) is 10.9. The van der Waals surface area contributed by atoms with Gasteiger partial charge in [0.25, 0.3) is 0 Å². The van der Waals surface area contributed by atoms with Crippen molar-refractivity contribution >= 4 is 23.4 Å². The van der Waals surface area contributed by atoms with Gasteiger partial charge in [0.1, 0.15) is 17.5 Å². The number of carbonyl (C=O) groups excluding carboxylic acids is 2. The van der Waals surface area contributed by atoms with Gasteiger partial charge < -0.3 is 19.7 Å². The summed E-state index contributed by atoms with van der Waals surface area (Å²) in [7, 11) is 1.61. The maximum Gasteiger partial charge on any atom is 0.242 e. The van der Waals surface area contributed by atoms with Gasteiger partial charge in [0.15, 0.2) is 0 Å². The fraction of sp³-hybridized carbons (Fsp3) is 0.440. The molecule has 32 heavy (non-hydrogen) atoms. The molecule has 0 aliphatic heterocycles. The number of methoxy groups -OCH3 is 1. The van der Waals surface area contributed by atoms with Crippen LogP contribution >= 0.6 is 11.6 Å². The Labute approximate surface area is 195 Å². The van der Waals surface area contributed by atoms with E-state index < -0.39 is 6.04 Å². The zero-order valence-corrected chi connectivity index (χ0v) is 20.0. The zero-order valence-electron chi connectivity index (χ0n) is 19.3. The van der Waals surface area contributed by atoms with Crippen LogP contribution in [0.25, 0.3) is 0 Å². The maximum atomic E-state index is 13.1. The molecule has 0 aromatic heterocycles. The third-order valence-electron chi connectivity index (χ3n) is 5.27. The zero-order chi connectivity index (χ0) is 23.5. The van der Waals surface area contributed by atoms with Crippen LogP contribution in [0.1, 0.15) is 45.6 Å². The van der Waals surface area contributed by atoms with E-state index in [4.69, 9.17) is 21.1 Å². The van der Waals surface area contributed by atoms with E-state index in [0.29, 0.717) is 24.6 Å². The van der Waals surface area contributed by atoms with Gasteiger partial charge in [0, 0.05) is 24.0 Å². The minimum absolute atomic E-state index is 0.0472. The fourth-order valence-electron chi connectivity index (χ4n) is 3.11. The number of carbonyl (C=O) groups is 2. The van der Waals surface area contributed by atoms with Gasteiger partial charge in [-0.05, 0) is 68.7 Å². The van der Waals surface area contributed by atoms with Crippen LogP contribution in [0.4, 0.5) is 0 Å². The first-order chi connectivity index (χ1) is 15.3. The molecular formula is C25H33ClN2O4. The van der Waals surface area contributed by atoms with Crippen LogP contribution in [-0.4, -0.2) is 42.5 Å². The molecule has 174 valence electrons. The molecule has 2 unspecified atom stereocenters. The number of hydrogen-bond donors (Lipinski definition) is 1. The summed E-state index contributed by atoms with van der Waals surface area (Å²) in [6.07, 6.45) is 1.64. The van der Waals surface area contributed by atoms with Gasteiger partial charge in [-0.3, -0.25) is 9.59 Å². The van der Waals surface area contributed by atoms with Gasteiger partial charge in [-0.15, -0.1) is 0 Å². The number of rotatable bonds is 12. The lowest BCUT2D eigenvalue weighted by Crippen LogP contribution is -2.49. The molecule has 2 aromatic carbocycles. The van der Waals surface area contributed by atoms with Crippen LogP contribution in [0.2, 0.25) is 5.02 Å². The first-order valence-corrected chi connectivity index (χ1v) is 11.3. The molecule has 2 aromatic rings. The number of amides is 2. The van der Waals surface area contributed by atoms with Crippen LogP contribution in [0.5, 0.6) is 11.5 Å². The van der Waals surface area contributed by atoms with Gasteiger partial charge in [-0.1, -0.05) is 30.7 Å². The van der Waals surface area contributed by atoms with Crippen molar-refractivity contribution < 1.29 is 19.1 Å². The first kappa shape index (κ1) is 25.5. The van der Waals surface area contributed by atoms with Crippen LogP contribution in [0.3, 0.4) is 0 Å². The topological polar surface area (TPSA) is 67.9 Å². The monoisotopic (exact) mass is 460 g/mol. The smallest absolute Gasteiger partial charge is 0.242 e. The molecule has 0 saturated heterocycles. The highest BCUT2D eigenvalue weighted by atomic mass is 35.5.